The van der Waals surface area contributed by atoms with Gasteiger partial charge in [-0.15, -0.1) is 0 Å². The van der Waals surface area contributed by atoms with Gasteiger partial charge in [0, 0.05) is 31.3 Å². The summed E-state index contributed by atoms with van der Waals surface area (Å²) >= 11 is 1.51. The number of aryl methyl sites for hydroxylation is 1. The zero-order valence-electron chi connectivity index (χ0n) is 15.3. The van der Waals surface area contributed by atoms with E-state index in [0.717, 1.165) is 37.3 Å². The number of amides is 1. The van der Waals surface area contributed by atoms with Gasteiger partial charge in [0.05, 0.1) is 29.4 Å². The average molecular weight is 372 g/mol. The Hall–Kier alpha value is -1.99. The van der Waals surface area contributed by atoms with Crippen molar-refractivity contribution in [3.8, 4) is 0 Å². The highest BCUT2D eigenvalue weighted by Crippen LogP contribution is 2.25. The molecule has 0 N–H and O–H groups in total. The molecule has 2 aliphatic heterocycles. The van der Waals surface area contributed by atoms with Crippen LogP contribution in [0.3, 0.4) is 0 Å². The topological polar surface area (TPSA) is 58.4 Å². The van der Waals surface area contributed by atoms with E-state index in [2.05, 4.69) is 4.90 Å². The number of hydrogen-bond acceptors (Lipinski definition) is 5. The second kappa shape index (κ2) is 6.96. The minimum Gasteiger partial charge on any atom is -0.334 e. The van der Waals surface area contributed by atoms with Gasteiger partial charge in [0.1, 0.15) is 5.82 Å². The van der Waals surface area contributed by atoms with Crippen molar-refractivity contribution < 1.29 is 4.79 Å². The van der Waals surface area contributed by atoms with Gasteiger partial charge in [0.15, 0.2) is 0 Å². The molecule has 7 heteroatoms. The molecule has 0 spiro atoms. The Bertz CT molecular complexity index is 872. The SMILES string of the molecule is CN(C)C[C@@H]1CCCc2nc3c(c(=O)n21)CN(C(=O)c1ccsc1)CC3. The lowest BCUT2D eigenvalue weighted by Gasteiger charge is -2.33. The molecular formula is C19H24N4O2S. The number of carbonyl (C=O) groups is 1. The van der Waals surface area contributed by atoms with Gasteiger partial charge >= 0.3 is 0 Å². The van der Waals surface area contributed by atoms with Crippen LogP contribution in [0.15, 0.2) is 21.6 Å². The summed E-state index contributed by atoms with van der Waals surface area (Å²) in [7, 11) is 4.07. The number of fused-ring (bicyclic) bond motifs is 2. The van der Waals surface area contributed by atoms with Crippen LogP contribution in [0, 0.1) is 0 Å². The summed E-state index contributed by atoms with van der Waals surface area (Å²) in [6, 6.07) is 2.01. The smallest absolute Gasteiger partial charge is 0.259 e. The molecule has 0 unspecified atom stereocenters. The van der Waals surface area contributed by atoms with Gasteiger partial charge in [0.25, 0.3) is 11.5 Å². The molecule has 0 saturated heterocycles. The second-order valence-corrected chi connectivity index (χ2v) is 8.21. The molecule has 0 bridgehead atoms. The summed E-state index contributed by atoms with van der Waals surface area (Å²) < 4.78 is 1.90. The van der Waals surface area contributed by atoms with Crippen LogP contribution in [0.1, 0.15) is 46.3 Å². The normalized spacial score (nSPS) is 19.3. The average Bonchev–Trinajstić information content (AvgIpc) is 3.15. The molecule has 0 aromatic carbocycles. The first-order valence-corrected chi connectivity index (χ1v) is 10.1. The predicted molar refractivity (Wildman–Crippen MR) is 102 cm³/mol. The van der Waals surface area contributed by atoms with E-state index < -0.39 is 0 Å². The molecule has 2 aliphatic rings. The standard InChI is InChI=1S/C19H24N4O2S/c1-21(2)10-14-4-3-5-17-20-16-6-8-22(11-15(16)19(25)23(14)17)18(24)13-7-9-26-12-13/h7,9,12,14H,3-6,8,10-11H2,1-2H3/t14-/m0/s1. The molecule has 2 aromatic heterocycles. The van der Waals surface area contributed by atoms with E-state index in [-0.39, 0.29) is 17.5 Å². The van der Waals surface area contributed by atoms with Crippen LogP contribution in [-0.2, 0) is 19.4 Å². The van der Waals surface area contributed by atoms with E-state index in [1.807, 2.05) is 35.5 Å². The first-order valence-electron chi connectivity index (χ1n) is 9.14. The van der Waals surface area contributed by atoms with Crippen molar-refractivity contribution in [2.75, 3.05) is 27.2 Å². The Balaban J connectivity index is 1.68. The molecule has 26 heavy (non-hydrogen) atoms. The first kappa shape index (κ1) is 17.4. The fourth-order valence-electron chi connectivity index (χ4n) is 4.05. The Morgan fingerprint density at radius 1 is 1.38 bits per heavy atom. The van der Waals surface area contributed by atoms with Gasteiger partial charge in [-0.05, 0) is 38.4 Å². The maximum atomic E-state index is 13.3. The van der Waals surface area contributed by atoms with Crippen LogP contribution in [0.5, 0.6) is 0 Å². The van der Waals surface area contributed by atoms with Crippen LogP contribution in [-0.4, -0.2) is 52.4 Å². The number of rotatable bonds is 3. The van der Waals surface area contributed by atoms with Gasteiger partial charge in [-0.3, -0.25) is 14.2 Å². The molecule has 0 radical (unpaired) electrons. The second-order valence-electron chi connectivity index (χ2n) is 7.43. The van der Waals surface area contributed by atoms with Crippen molar-refractivity contribution >= 4 is 17.2 Å². The van der Waals surface area contributed by atoms with Gasteiger partial charge in [-0.1, -0.05) is 0 Å². The molecule has 0 aliphatic carbocycles. The summed E-state index contributed by atoms with van der Waals surface area (Å²) in [6.07, 6.45) is 3.60. The summed E-state index contributed by atoms with van der Waals surface area (Å²) in [6.45, 7) is 1.83. The lowest BCUT2D eigenvalue weighted by atomic mass is 10.0. The number of carbonyl (C=O) groups excluding carboxylic acids is 1. The number of likely N-dealkylation sites (N-methyl/N-ethyl adjacent to an activating group) is 1. The molecular weight excluding hydrogens is 348 g/mol. The predicted octanol–water partition coefficient (Wildman–Crippen LogP) is 1.94. The monoisotopic (exact) mass is 372 g/mol. The van der Waals surface area contributed by atoms with Gasteiger partial charge in [-0.25, -0.2) is 4.98 Å². The molecule has 4 rings (SSSR count). The van der Waals surface area contributed by atoms with Crippen LogP contribution < -0.4 is 5.56 Å². The third-order valence-electron chi connectivity index (χ3n) is 5.27. The minimum atomic E-state index is 0.00358. The number of nitrogens with zero attached hydrogens (tertiary/aromatic N) is 4. The highest BCUT2D eigenvalue weighted by Gasteiger charge is 2.30. The Morgan fingerprint density at radius 3 is 2.96 bits per heavy atom. The van der Waals surface area contributed by atoms with Crippen molar-refractivity contribution in [1.29, 1.82) is 0 Å². The summed E-state index contributed by atoms with van der Waals surface area (Å²) in [5.41, 5.74) is 2.35. The van der Waals surface area contributed by atoms with E-state index in [4.69, 9.17) is 4.98 Å². The Morgan fingerprint density at radius 2 is 2.23 bits per heavy atom. The third kappa shape index (κ3) is 3.10. The van der Waals surface area contributed by atoms with Crippen molar-refractivity contribution in [3.05, 3.63) is 49.8 Å². The summed E-state index contributed by atoms with van der Waals surface area (Å²) in [5, 5.41) is 3.77. The maximum Gasteiger partial charge on any atom is 0.259 e. The quantitative estimate of drug-likeness (QED) is 0.826. The van der Waals surface area contributed by atoms with Crippen molar-refractivity contribution in [3.63, 3.8) is 0 Å². The Labute approximate surface area is 157 Å². The lowest BCUT2D eigenvalue weighted by Crippen LogP contribution is -2.44. The summed E-state index contributed by atoms with van der Waals surface area (Å²) in [5.74, 6) is 0.924. The van der Waals surface area contributed by atoms with E-state index in [0.29, 0.717) is 30.6 Å². The molecule has 2 aromatic rings. The molecule has 0 fully saturated rings. The van der Waals surface area contributed by atoms with E-state index >= 15 is 0 Å². The number of thiophene rings is 1. The summed E-state index contributed by atoms with van der Waals surface area (Å²) in [4.78, 5) is 34.7. The fourth-order valence-corrected chi connectivity index (χ4v) is 4.68. The largest absolute Gasteiger partial charge is 0.334 e. The lowest BCUT2D eigenvalue weighted by molar-refractivity contribution is 0.0732. The molecule has 1 atom stereocenters. The van der Waals surface area contributed by atoms with Gasteiger partial charge < -0.3 is 9.80 Å². The molecule has 0 saturated carbocycles. The highest BCUT2D eigenvalue weighted by atomic mass is 32.1. The molecule has 6 nitrogen and oxygen atoms in total. The molecule has 138 valence electrons. The van der Waals surface area contributed by atoms with E-state index in [1.165, 1.54) is 11.3 Å². The zero-order chi connectivity index (χ0) is 18.3. The number of hydrogen-bond donors (Lipinski definition) is 0. The zero-order valence-corrected chi connectivity index (χ0v) is 16.1. The minimum absolute atomic E-state index is 0.00358. The van der Waals surface area contributed by atoms with Crippen LogP contribution in [0.2, 0.25) is 0 Å². The maximum absolute atomic E-state index is 13.3. The van der Waals surface area contributed by atoms with Crippen LogP contribution >= 0.6 is 11.3 Å². The van der Waals surface area contributed by atoms with Crippen LogP contribution in [0.4, 0.5) is 0 Å². The van der Waals surface area contributed by atoms with E-state index in [9.17, 15) is 9.59 Å². The van der Waals surface area contributed by atoms with Gasteiger partial charge in [0.2, 0.25) is 0 Å². The van der Waals surface area contributed by atoms with E-state index in [1.54, 1.807) is 4.90 Å². The molecule has 1 amide bonds. The third-order valence-corrected chi connectivity index (χ3v) is 5.95. The van der Waals surface area contributed by atoms with Gasteiger partial charge in [-0.2, -0.15) is 11.3 Å². The van der Waals surface area contributed by atoms with Crippen molar-refractivity contribution in [2.45, 2.75) is 38.3 Å². The fraction of sp³-hybridized carbons (Fsp3) is 0.526. The Kier molecular flexibility index (Phi) is 4.67. The van der Waals surface area contributed by atoms with Crippen molar-refractivity contribution in [2.24, 2.45) is 0 Å². The number of aromatic nitrogens is 2. The van der Waals surface area contributed by atoms with Crippen LogP contribution in [0.25, 0.3) is 0 Å². The molecule has 4 heterocycles. The first-order chi connectivity index (χ1) is 12.5. The highest BCUT2D eigenvalue weighted by molar-refractivity contribution is 7.08. The van der Waals surface area contributed by atoms with Crippen molar-refractivity contribution in [1.82, 2.24) is 19.4 Å².